The average Bonchev–Trinajstić information content (AvgIpc) is 2.84. The first-order chi connectivity index (χ1) is 16.3. The molecule has 0 heterocycles. The number of aliphatic hydroxyl groups is 1. The summed E-state index contributed by atoms with van der Waals surface area (Å²) >= 11 is 0. The Morgan fingerprint density at radius 3 is 2.71 bits per heavy atom. The van der Waals surface area contributed by atoms with Crippen molar-refractivity contribution in [3.8, 4) is 5.75 Å². The van der Waals surface area contributed by atoms with E-state index in [0.29, 0.717) is 17.9 Å². The third-order valence-electron chi connectivity index (χ3n) is 6.43. The molecular formula is C25H31F3NO4P. The molecule has 0 bridgehead atoms. The van der Waals surface area contributed by atoms with E-state index < -0.39 is 32.6 Å². The molecule has 3 N–H and O–H groups in total. The Bertz CT molecular complexity index is 956. The van der Waals surface area contributed by atoms with E-state index in [-0.39, 0.29) is 31.8 Å². The van der Waals surface area contributed by atoms with E-state index in [2.05, 4.69) is 12.1 Å². The lowest BCUT2D eigenvalue weighted by molar-refractivity contribution is -0.139. The van der Waals surface area contributed by atoms with Crippen LogP contribution in [-0.2, 0) is 28.1 Å². The van der Waals surface area contributed by atoms with Gasteiger partial charge >= 0.3 is 14.9 Å². The summed E-state index contributed by atoms with van der Waals surface area (Å²) in [6.45, 7) is -0.405. The zero-order valence-corrected chi connectivity index (χ0v) is 19.9. The fraction of sp³-hybridized carbons (Fsp3) is 0.520. The van der Waals surface area contributed by atoms with Gasteiger partial charge in [0.1, 0.15) is 5.75 Å². The molecule has 2 aromatic rings. The maximum absolute atomic E-state index is 13.7. The number of fused-ring (bicyclic) bond motifs is 1. The predicted octanol–water partition coefficient (Wildman–Crippen LogP) is 5.83. The highest BCUT2D eigenvalue weighted by Gasteiger charge is 2.35. The molecule has 1 aliphatic rings. The third kappa shape index (κ3) is 7.25. The molecular weight excluding hydrogens is 466 g/mol. The van der Waals surface area contributed by atoms with Crippen LogP contribution >= 0.6 is 8.69 Å². The van der Waals surface area contributed by atoms with Gasteiger partial charge in [0.05, 0.1) is 30.9 Å². The Morgan fingerprint density at radius 2 is 1.97 bits per heavy atom. The van der Waals surface area contributed by atoms with Crippen molar-refractivity contribution < 1.29 is 32.1 Å². The van der Waals surface area contributed by atoms with E-state index >= 15 is 0 Å². The monoisotopic (exact) mass is 497 g/mol. The first-order valence-corrected chi connectivity index (χ1v) is 12.2. The first kappa shape index (κ1) is 26.6. The maximum atomic E-state index is 13.7. The molecule has 0 amide bonds. The number of nitrogens with two attached hydrogens (primary N) is 1. The van der Waals surface area contributed by atoms with E-state index in [1.165, 1.54) is 17.2 Å². The van der Waals surface area contributed by atoms with E-state index in [1.807, 2.05) is 12.1 Å². The van der Waals surface area contributed by atoms with Gasteiger partial charge in [-0.25, -0.2) is 4.57 Å². The molecule has 0 spiro atoms. The Balaban J connectivity index is 1.59. The van der Waals surface area contributed by atoms with Crippen LogP contribution in [0.1, 0.15) is 60.3 Å². The van der Waals surface area contributed by atoms with Crippen LogP contribution in [0.5, 0.6) is 5.75 Å². The van der Waals surface area contributed by atoms with Crippen LogP contribution in [0.3, 0.4) is 0 Å². The summed E-state index contributed by atoms with van der Waals surface area (Å²) in [5, 5.41) is 9.48. The largest absolute Gasteiger partial charge is 0.493 e. The highest BCUT2D eigenvalue weighted by molar-refractivity contribution is 7.17. The van der Waals surface area contributed by atoms with Gasteiger partial charge in [0.25, 0.3) is 0 Å². The molecule has 5 nitrogen and oxygen atoms in total. The fourth-order valence-corrected chi connectivity index (χ4v) is 4.80. The minimum absolute atomic E-state index is 0.166. The number of rotatable bonds is 12. The van der Waals surface area contributed by atoms with Gasteiger partial charge < -0.3 is 15.6 Å². The molecule has 3 rings (SSSR count). The van der Waals surface area contributed by atoms with Crippen molar-refractivity contribution in [3.63, 3.8) is 0 Å². The SMILES string of the molecule is NC(CO)(CCc1ccc(OCCCC2CCCc3ccccc32)c(C(F)(F)F)c1)COP=O. The van der Waals surface area contributed by atoms with Crippen molar-refractivity contribution >= 4 is 8.69 Å². The summed E-state index contributed by atoms with van der Waals surface area (Å²) in [5.74, 6) is 0.237. The van der Waals surface area contributed by atoms with Crippen molar-refractivity contribution in [1.82, 2.24) is 0 Å². The van der Waals surface area contributed by atoms with E-state index in [9.17, 15) is 22.8 Å². The molecule has 0 aliphatic heterocycles. The maximum Gasteiger partial charge on any atom is 0.419 e. The van der Waals surface area contributed by atoms with Gasteiger partial charge in [-0.15, -0.1) is 0 Å². The zero-order valence-electron chi connectivity index (χ0n) is 19.0. The van der Waals surface area contributed by atoms with Gasteiger partial charge in [0.15, 0.2) is 0 Å². The van der Waals surface area contributed by atoms with Gasteiger partial charge in [0.2, 0.25) is 0 Å². The molecule has 34 heavy (non-hydrogen) atoms. The van der Waals surface area contributed by atoms with E-state index in [1.54, 1.807) is 6.07 Å². The molecule has 0 aromatic heterocycles. The second-order valence-corrected chi connectivity index (χ2v) is 9.38. The zero-order chi connectivity index (χ0) is 24.6. The van der Waals surface area contributed by atoms with Gasteiger partial charge in [-0.2, -0.15) is 13.2 Å². The number of hydrogen-bond donors (Lipinski definition) is 2. The molecule has 2 atom stereocenters. The van der Waals surface area contributed by atoms with Gasteiger partial charge in [-0.1, -0.05) is 30.3 Å². The Labute approximate surface area is 199 Å². The molecule has 0 saturated carbocycles. The van der Waals surface area contributed by atoms with Crippen molar-refractivity contribution in [2.45, 2.75) is 62.6 Å². The summed E-state index contributed by atoms with van der Waals surface area (Å²) in [6, 6.07) is 12.4. The second-order valence-electron chi connectivity index (χ2n) is 8.98. The van der Waals surface area contributed by atoms with Crippen LogP contribution in [0.2, 0.25) is 0 Å². The number of halogens is 3. The Hall–Kier alpha value is -1.99. The summed E-state index contributed by atoms with van der Waals surface area (Å²) in [6.07, 6.45) is 0.652. The Morgan fingerprint density at radius 1 is 1.18 bits per heavy atom. The summed E-state index contributed by atoms with van der Waals surface area (Å²) < 4.78 is 61.9. The molecule has 2 unspecified atom stereocenters. The summed E-state index contributed by atoms with van der Waals surface area (Å²) in [5.41, 5.74) is 7.12. The van der Waals surface area contributed by atoms with Gasteiger partial charge in [-0.05, 0) is 79.7 Å². The van der Waals surface area contributed by atoms with Gasteiger partial charge in [-0.3, -0.25) is 4.52 Å². The lowest BCUT2D eigenvalue weighted by Gasteiger charge is -2.26. The number of alkyl halides is 3. The molecule has 186 valence electrons. The quantitative estimate of drug-likeness (QED) is 0.285. The molecule has 0 saturated heterocycles. The lowest BCUT2D eigenvalue weighted by atomic mass is 9.80. The van der Waals surface area contributed by atoms with E-state index in [4.69, 9.17) is 15.0 Å². The number of aryl methyl sites for hydroxylation is 2. The molecule has 0 fully saturated rings. The van der Waals surface area contributed by atoms with Crippen LogP contribution in [0, 0.1) is 0 Å². The molecule has 9 heteroatoms. The number of ether oxygens (including phenoxy) is 1. The molecule has 0 radical (unpaired) electrons. The normalized spacial score (nSPS) is 17.9. The number of aliphatic hydroxyl groups excluding tert-OH is 1. The minimum Gasteiger partial charge on any atom is -0.493 e. The minimum atomic E-state index is -4.56. The van der Waals surface area contributed by atoms with Crippen LogP contribution < -0.4 is 10.5 Å². The van der Waals surface area contributed by atoms with Crippen LogP contribution in [-0.4, -0.2) is 30.5 Å². The van der Waals surface area contributed by atoms with Crippen molar-refractivity contribution in [2.75, 3.05) is 19.8 Å². The number of hydrogen-bond acceptors (Lipinski definition) is 5. The second kappa shape index (κ2) is 12.1. The number of benzene rings is 2. The van der Waals surface area contributed by atoms with Crippen molar-refractivity contribution in [2.24, 2.45) is 5.73 Å². The van der Waals surface area contributed by atoms with Crippen LogP contribution in [0.25, 0.3) is 0 Å². The predicted molar refractivity (Wildman–Crippen MR) is 124 cm³/mol. The third-order valence-corrected chi connectivity index (χ3v) is 6.66. The summed E-state index contributed by atoms with van der Waals surface area (Å²) in [4.78, 5) is 0. The molecule has 1 aliphatic carbocycles. The molecule has 2 aromatic carbocycles. The highest BCUT2D eigenvalue weighted by Crippen LogP contribution is 2.38. The van der Waals surface area contributed by atoms with Gasteiger partial charge in [0, 0.05) is 0 Å². The smallest absolute Gasteiger partial charge is 0.419 e. The van der Waals surface area contributed by atoms with Crippen LogP contribution in [0.4, 0.5) is 13.2 Å². The van der Waals surface area contributed by atoms with Crippen LogP contribution in [0.15, 0.2) is 42.5 Å². The van der Waals surface area contributed by atoms with Crippen molar-refractivity contribution in [3.05, 3.63) is 64.7 Å². The van der Waals surface area contributed by atoms with Crippen molar-refractivity contribution in [1.29, 1.82) is 0 Å². The summed E-state index contributed by atoms with van der Waals surface area (Å²) in [7, 11) is -0.569. The topological polar surface area (TPSA) is 81.8 Å². The standard InChI is InChI=1S/C25H31F3NO4P/c26-25(27,28)22-15-18(12-13-24(29,16-30)17-33-34-31)10-11-23(22)32-14-4-8-20-7-3-6-19-5-1-2-9-21(19)20/h1-2,5,9-11,15,20,30H,3-4,6-8,12-14,16-17,29H2. The Kier molecular flexibility index (Phi) is 9.48. The lowest BCUT2D eigenvalue weighted by Crippen LogP contribution is -2.47. The fourth-order valence-electron chi connectivity index (χ4n) is 4.49. The van der Waals surface area contributed by atoms with E-state index in [0.717, 1.165) is 31.7 Å². The average molecular weight is 497 g/mol. The highest BCUT2D eigenvalue weighted by atomic mass is 31.1. The first-order valence-electron chi connectivity index (χ1n) is 11.5.